The molecule has 2 fully saturated rings. The fraction of sp³-hybridized carbons (Fsp3) is 0.372. The number of hydrogen-bond donors (Lipinski definition) is 4. The Morgan fingerprint density at radius 1 is 0.448 bits per heavy atom. The quantitative estimate of drug-likeness (QED) is 0.0219. The van der Waals surface area contributed by atoms with Gasteiger partial charge in [0.1, 0.15) is 55.1 Å². The highest BCUT2D eigenvalue weighted by Crippen LogP contribution is 2.38. The van der Waals surface area contributed by atoms with Gasteiger partial charge in [-0.3, -0.25) is 61.7 Å². The maximum atomic E-state index is 14.3. The molecule has 145 heavy (non-hydrogen) atoms. The van der Waals surface area contributed by atoms with Gasteiger partial charge in [-0.15, -0.1) is 0 Å². The largest absolute Gasteiger partial charge is 0.508 e. The van der Waals surface area contributed by atoms with Crippen LogP contribution in [0.5, 0.6) is 17.2 Å². The highest BCUT2D eigenvalue weighted by atomic mass is 28.3. The van der Waals surface area contributed by atoms with Crippen molar-refractivity contribution in [1.82, 2.24) is 62.7 Å². The zero-order valence-electron chi connectivity index (χ0n) is 86.0. The number of hydrogen-bond acceptors (Lipinski definition) is 20. The van der Waals surface area contributed by atoms with Crippen molar-refractivity contribution in [2.45, 2.75) is 209 Å². The molecule has 2 aliphatic heterocycles. The summed E-state index contributed by atoms with van der Waals surface area (Å²) in [6.07, 6.45) is 25.7. The number of amides is 3. The van der Waals surface area contributed by atoms with Gasteiger partial charge in [0.05, 0.1) is 99.8 Å². The summed E-state index contributed by atoms with van der Waals surface area (Å²) in [5.74, 6) is 0.538. The summed E-state index contributed by atoms with van der Waals surface area (Å²) in [7, 11) is -2.78. The van der Waals surface area contributed by atoms with E-state index in [2.05, 4.69) is 130 Å². The molecule has 4 aliphatic rings. The lowest BCUT2D eigenvalue weighted by atomic mass is 9.93. The van der Waals surface area contributed by atoms with Crippen LogP contribution in [-0.2, 0) is 63.3 Å². The van der Waals surface area contributed by atoms with Gasteiger partial charge in [-0.25, -0.2) is 18.7 Å². The summed E-state index contributed by atoms with van der Waals surface area (Å²) in [6, 6.07) is 49.2. The number of phenols is 1. The number of ether oxygens (including phenoxy) is 6. The van der Waals surface area contributed by atoms with E-state index in [1.54, 1.807) is 123 Å². The molecule has 0 bridgehead atoms. The molecular weight excluding hydrogens is 1860 g/mol. The predicted octanol–water partition coefficient (Wildman–Crippen LogP) is 20.6. The van der Waals surface area contributed by atoms with Crippen molar-refractivity contribution in [2.24, 2.45) is 0 Å². The highest BCUT2D eigenvalue weighted by Gasteiger charge is 2.31. The number of rotatable bonds is 33. The van der Waals surface area contributed by atoms with Crippen LogP contribution in [0.25, 0.3) is 50.4 Å². The fourth-order valence-corrected chi connectivity index (χ4v) is 18.9. The summed E-state index contributed by atoms with van der Waals surface area (Å²) in [5, 5.41) is 33.4. The van der Waals surface area contributed by atoms with Gasteiger partial charge in [0, 0.05) is 102 Å². The Morgan fingerprint density at radius 3 is 1.28 bits per heavy atom. The minimum atomic E-state index is -1.39. The number of fused-ring (bicyclic) bond motifs is 3. The smallest absolute Gasteiger partial charge is 0.419 e. The Bertz CT molecular complexity index is 7070. The number of allylic oxidation sites excluding steroid dienone is 4. The number of piperidine rings is 2. The van der Waals surface area contributed by atoms with Crippen LogP contribution in [0.3, 0.4) is 0 Å². The third-order valence-electron chi connectivity index (χ3n) is 25.3. The Balaban J connectivity index is 0.000000165. The first kappa shape index (κ1) is 105. The Kier molecular flexibility index (Phi) is 33.9. The van der Waals surface area contributed by atoms with E-state index >= 15 is 0 Å². The fourth-order valence-electron chi connectivity index (χ4n) is 17.4. The monoisotopic (exact) mass is 2000 g/mol. The molecule has 13 aromatic rings. The molecule has 0 unspecified atom stereocenters. The minimum Gasteiger partial charge on any atom is -0.508 e. The van der Waals surface area contributed by atoms with Crippen LogP contribution in [0.2, 0.25) is 51.4 Å². The van der Waals surface area contributed by atoms with Crippen molar-refractivity contribution in [2.75, 3.05) is 76.3 Å². The molecule has 7 aromatic heterocycles. The van der Waals surface area contributed by atoms with E-state index in [1.165, 1.54) is 110 Å². The summed E-state index contributed by atoms with van der Waals surface area (Å²) < 4.78 is 46.5. The molecule has 9 heterocycles. The van der Waals surface area contributed by atoms with E-state index in [9.17, 15) is 43.5 Å². The van der Waals surface area contributed by atoms with Gasteiger partial charge < -0.3 is 49.5 Å². The summed E-state index contributed by atoms with van der Waals surface area (Å²) in [4.78, 5) is 114. The van der Waals surface area contributed by atoms with Crippen molar-refractivity contribution >= 4 is 91.1 Å². The second-order valence-corrected chi connectivity index (χ2v) is 53.6. The molecule has 32 heteroatoms. The SMILES string of the molecule is Cc1ccc(Cn2cc(C(=O)NC3=CCC(=O)C(C4=Cc5cc(OCCN6CCCCC6)ccc5C4)=C3)cn2)cc1.Cc1ccc(Cn2cc(C(=O)Nc3cc(-c4cc5cc(O)ccc5n4C(=O)OC(C)(C)C)c(=O)n(COCC[Si](C)(C)C)c3)cn2)cc1.Cc1ccc(Cn2cc(C(=O)Nc3cc(-c4cc5cc(OCCN6CCCCC6)ccc5n4C(=O)OC(C)(C)C)c(=O)n(COCC[Si](C)(C)C)c3)cn2)cc1. The van der Waals surface area contributed by atoms with Crippen molar-refractivity contribution in [3.8, 4) is 39.8 Å². The van der Waals surface area contributed by atoms with Crippen molar-refractivity contribution < 1.29 is 62.3 Å². The van der Waals surface area contributed by atoms with Gasteiger partial charge in [0.15, 0.2) is 5.78 Å². The summed E-state index contributed by atoms with van der Waals surface area (Å²) in [6.45, 7) is 40.3. The summed E-state index contributed by atoms with van der Waals surface area (Å²) in [5.41, 5.74) is 12.6. The molecule has 2 aliphatic carbocycles. The number of carbonyl (C=O) groups is 6. The van der Waals surface area contributed by atoms with Gasteiger partial charge in [0.25, 0.3) is 28.8 Å². The normalized spacial score (nSPS) is 14.1. The maximum absolute atomic E-state index is 14.3. The number of likely N-dealkylation sites (tertiary alicyclic amines) is 2. The van der Waals surface area contributed by atoms with E-state index in [0.717, 1.165) is 90.5 Å². The first-order valence-electron chi connectivity index (χ1n) is 50.0. The molecule has 4 N–H and O–H groups in total. The Labute approximate surface area is 848 Å². The number of nitrogens with zero attached hydrogens (tertiary/aromatic N) is 12. The molecule has 6 aromatic carbocycles. The number of Topliss-reactive ketones (excluding diaryl/α,β-unsaturated/α-hetero) is 1. The first-order chi connectivity index (χ1) is 69.2. The number of nitrogens with one attached hydrogen (secondary N) is 3. The number of aromatic hydroxyl groups is 1. The van der Waals surface area contributed by atoms with Crippen LogP contribution < -0.4 is 36.5 Å². The molecule has 0 atom stereocenters. The standard InChI is InChI=1S/C43H56N6O6Si.C36H43N5O6Si.C34H36N4O3/c1-31-11-13-32(14-12-31)27-48-28-34(26-44-48)40(50)45-35-25-37(41(51)47(29-35)30-53-21-22-56(5,6)7)39-24-33-23-36(54-20-19-46-17-9-8-10-18-46)15-16-38(33)49(39)42(52)55-43(2,3)4;1-24-8-10-25(11-9-24)20-40-21-27(19-37-40)33(43)38-28-18-30(34(44)39(22-28)23-46-14-15-48(5,6)7)32-17-26-16-29(42)12-13-31(26)41(32)35(45)47-36(2,3)4;1-24-5-7-25(8-6-24)22-38-23-29(21-35-38)34(40)36-30-10-12-33(39)32(20-30)28-17-26-9-11-31(19-27(26)18-28)41-16-15-37-13-3-2-4-14-37/h11-16,23-26,28-29H,8-10,17-22,27,30H2,1-7H3,(H,45,50);8-13,16-19,21-22,42H,14-15,20,23H2,1-7H3,(H,38,43);5-11,18-21,23H,2-4,12-17,22H2,1H3,(H,36,40). The predicted molar refractivity (Wildman–Crippen MR) is 573 cm³/mol. The van der Waals surface area contributed by atoms with Gasteiger partial charge in [-0.05, 0) is 245 Å². The van der Waals surface area contributed by atoms with Crippen LogP contribution >= 0.6 is 0 Å². The molecule has 17 rings (SSSR count). The number of anilines is 2. The lowest BCUT2D eigenvalue weighted by molar-refractivity contribution is -0.114. The minimum absolute atomic E-state index is 0.00698. The third-order valence-corrected chi connectivity index (χ3v) is 28.7. The highest BCUT2D eigenvalue weighted by molar-refractivity contribution is 6.76. The number of phenolic OH excluding ortho intramolecular Hbond substituents is 1. The topological polar surface area (TPSA) is 328 Å². The molecule has 0 radical (unpaired) electrons. The lowest BCUT2D eigenvalue weighted by Gasteiger charge is -2.26. The van der Waals surface area contributed by atoms with Crippen molar-refractivity contribution in [3.05, 3.63) is 312 Å². The zero-order valence-corrected chi connectivity index (χ0v) is 88.0. The van der Waals surface area contributed by atoms with Crippen molar-refractivity contribution in [1.29, 1.82) is 0 Å². The average molecular weight is 2000 g/mol. The number of benzene rings is 6. The average Bonchev–Trinajstić information content (AvgIpc) is 1.61. The number of carbonyl (C=O) groups excluding carboxylic acids is 6. The van der Waals surface area contributed by atoms with Crippen LogP contribution in [-0.4, -0.2) is 191 Å². The number of aryl methyl sites for hydroxylation is 3. The van der Waals surface area contributed by atoms with E-state index in [4.69, 9.17) is 28.4 Å². The molecule has 760 valence electrons. The molecule has 0 spiro atoms. The Hall–Kier alpha value is -14.2. The lowest BCUT2D eigenvalue weighted by Crippen LogP contribution is -2.33. The van der Waals surface area contributed by atoms with E-state index in [1.807, 2.05) is 86.6 Å². The van der Waals surface area contributed by atoms with Gasteiger partial charge in [0.2, 0.25) is 0 Å². The van der Waals surface area contributed by atoms with Crippen LogP contribution in [0, 0.1) is 20.8 Å². The first-order valence-corrected chi connectivity index (χ1v) is 57.4. The van der Waals surface area contributed by atoms with Gasteiger partial charge >= 0.3 is 12.2 Å². The third kappa shape index (κ3) is 29.4. The second-order valence-electron chi connectivity index (χ2n) is 42.3. The maximum Gasteiger partial charge on any atom is 0.419 e. The Morgan fingerprint density at radius 2 is 0.855 bits per heavy atom. The number of aromatic nitrogens is 10. The van der Waals surface area contributed by atoms with Gasteiger partial charge in [-0.2, -0.15) is 15.3 Å². The van der Waals surface area contributed by atoms with Gasteiger partial charge in [-0.1, -0.05) is 160 Å². The molecule has 30 nitrogen and oxygen atoms in total. The zero-order chi connectivity index (χ0) is 103. The van der Waals surface area contributed by atoms with E-state index < -0.39 is 56.9 Å². The van der Waals surface area contributed by atoms with Crippen molar-refractivity contribution in [3.63, 3.8) is 0 Å². The summed E-state index contributed by atoms with van der Waals surface area (Å²) >= 11 is 0. The number of pyridine rings is 2. The molecule has 2 saturated heterocycles. The number of ketones is 1. The van der Waals surface area contributed by atoms with Crippen LogP contribution in [0.15, 0.2) is 240 Å². The van der Waals surface area contributed by atoms with E-state index in [-0.39, 0.29) is 59.7 Å². The van der Waals surface area contributed by atoms with Crippen LogP contribution in [0.4, 0.5) is 21.0 Å². The molecule has 3 amide bonds. The van der Waals surface area contributed by atoms with E-state index in [0.29, 0.717) is 125 Å². The van der Waals surface area contributed by atoms with Crippen LogP contribution in [0.1, 0.15) is 162 Å². The molecule has 0 saturated carbocycles. The second kappa shape index (κ2) is 46.7. The molecular formula is C113H135N15O15Si2.